The minimum atomic E-state index is -4.80. The SMILES string of the molecule is Nc1nc2cc(-c3ccn[nH]3)ccc2c2[nH]c(CCNC(=O)CCC=C(O)C(F)(F)F)cc12.O. The van der Waals surface area contributed by atoms with Gasteiger partial charge in [-0.05, 0) is 30.7 Å². The summed E-state index contributed by atoms with van der Waals surface area (Å²) in [7, 11) is 0. The van der Waals surface area contributed by atoms with Crippen LogP contribution in [0.4, 0.5) is 19.0 Å². The number of amides is 1. The molecule has 0 unspecified atom stereocenters. The number of nitrogens with one attached hydrogen (secondary N) is 3. The lowest BCUT2D eigenvalue weighted by Gasteiger charge is -2.05. The third-order valence-electron chi connectivity index (χ3n) is 5.19. The number of fused-ring (bicyclic) bond motifs is 3. The van der Waals surface area contributed by atoms with Gasteiger partial charge in [0.15, 0.2) is 5.76 Å². The Balaban J connectivity index is 0.00000324. The van der Waals surface area contributed by atoms with E-state index in [2.05, 4.69) is 25.5 Å². The van der Waals surface area contributed by atoms with Crippen molar-refractivity contribution in [2.45, 2.75) is 25.4 Å². The second-order valence-corrected chi connectivity index (χ2v) is 7.51. The average molecular weight is 476 g/mol. The molecular formula is C22H23F3N6O3. The third kappa shape index (κ3) is 5.29. The predicted octanol–water partition coefficient (Wildman–Crippen LogP) is 3.31. The molecule has 0 spiro atoms. The van der Waals surface area contributed by atoms with Gasteiger partial charge in [-0.3, -0.25) is 9.89 Å². The number of carbonyl (C=O) groups excluding carboxylic acids is 1. The number of nitrogen functional groups attached to an aromatic ring is 1. The van der Waals surface area contributed by atoms with Crippen LogP contribution in [0.15, 0.2) is 48.4 Å². The first-order chi connectivity index (χ1) is 15.7. The number of rotatable bonds is 7. The summed E-state index contributed by atoms with van der Waals surface area (Å²) >= 11 is 0. The van der Waals surface area contributed by atoms with Crippen LogP contribution >= 0.6 is 0 Å². The molecule has 180 valence electrons. The Morgan fingerprint density at radius 3 is 2.71 bits per heavy atom. The number of halogens is 3. The lowest BCUT2D eigenvalue weighted by molar-refractivity contribution is -0.123. The highest BCUT2D eigenvalue weighted by molar-refractivity contribution is 6.08. The molecule has 3 heterocycles. The number of pyridine rings is 1. The molecule has 34 heavy (non-hydrogen) atoms. The van der Waals surface area contributed by atoms with E-state index >= 15 is 0 Å². The molecule has 12 heteroatoms. The lowest BCUT2D eigenvalue weighted by atomic mass is 10.1. The zero-order chi connectivity index (χ0) is 23.6. The molecule has 1 aromatic carbocycles. The van der Waals surface area contributed by atoms with Crippen LogP contribution in [0.5, 0.6) is 0 Å². The van der Waals surface area contributed by atoms with Crippen molar-refractivity contribution in [3.05, 3.63) is 54.1 Å². The number of nitrogens with two attached hydrogens (primary N) is 1. The van der Waals surface area contributed by atoms with Gasteiger partial charge in [0, 0.05) is 47.6 Å². The molecular weight excluding hydrogens is 453 g/mol. The summed E-state index contributed by atoms with van der Waals surface area (Å²) in [6, 6.07) is 9.56. The average Bonchev–Trinajstić information content (AvgIpc) is 3.43. The molecule has 4 rings (SSSR count). The summed E-state index contributed by atoms with van der Waals surface area (Å²) in [6.45, 7) is 0.288. The Kier molecular flexibility index (Phi) is 7.11. The van der Waals surface area contributed by atoms with Crippen molar-refractivity contribution < 1.29 is 28.5 Å². The van der Waals surface area contributed by atoms with Gasteiger partial charge >= 0.3 is 6.18 Å². The molecule has 0 saturated heterocycles. The number of allylic oxidation sites excluding steroid dienone is 2. The first-order valence-corrected chi connectivity index (χ1v) is 10.2. The van der Waals surface area contributed by atoms with Crippen molar-refractivity contribution in [1.29, 1.82) is 0 Å². The Labute approximate surface area is 191 Å². The maximum atomic E-state index is 12.2. The van der Waals surface area contributed by atoms with E-state index in [1.165, 1.54) is 0 Å². The second-order valence-electron chi connectivity index (χ2n) is 7.51. The monoisotopic (exact) mass is 476 g/mol. The van der Waals surface area contributed by atoms with Gasteiger partial charge in [0.25, 0.3) is 0 Å². The molecule has 1 amide bonds. The normalized spacial score (nSPS) is 12.1. The quantitative estimate of drug-likeness (QED) is 0.258. The number of hydrogen-bond acceptors (Lipinski definition) is 5. The van der Waals surface area contributed by atoms with Gasteiger partial charge in [0.05, 0.1) is 16.7 Å². The number of anilines is 1. The van der Waals surface area contributed by atoms with Gasteiger partial charge in [0.1, 0.15) is 5.82 Å². The first kappa shape index (κ1) is 24.6. The van der Waals surface area contributed by atoms with Crippen molar-refractivity contribution in [3.8, 4) is 11.3 Å². The minimum absolute atomic E-state index is 0. The number of alkyl halides is 3. The van der Waals surface area contributed by atoms with Crippen LogP contribution in [-0.2, 0) is 11.2 Å². The number of nitrogens with zero attached hydrogens (tertiary/aromatic N) is 2. The van der Waals surface area contributed by atoms with E-state index in [1.54, 1.807) is 6.20 Å². The predicted molar refractivity (Wildman–Crippen MR) is 122 cm³/mol. The number of carbonyl (C=O) groups is 1. The van der Waals surface area contributed by atoms with E-state index in [0.29, 0.717) is 18.3 Å². The number of aromatic nitrogens is 4. The van der Waals surface area contributed by atoms with Crippen molar-refractivity contribution in [3.63, 3.8) is 0 Å². The van der Waals surface area contributed by atoms with Gasteiger partial charge in [0.2, 0.25) is 5.91 Å². The molecule has 0 atom stereocenters. The number of benzene rings is 1. The van der Waals surface area contributed by atoms with Crippen LogP contribution in [0.3, 0.4) is 0 Å². The molecule has 3 aromatic heterocycles. The maximum absolute atomic E-state index is 12.2. The zero-order valence-corrected chi connectivity index (χ0v) is 17.8. The van der Waals surface area contributed by atoms with E-state index in [1.807, 2.05) is 30.3 Å². The largest absolute Gasteiger partial charge is 0.504 e. The molecule has 0 bridgehead atoms. The molecule has 0 fully saturated rings. The van der Waals surface area contributed by atoms with Crippen LogP contribution in [-0.4, -0.2) is 49.4 Å². The molecule has 0 aliphatic heterocycles. The van der Waals surface area contributed by atoms with Crippen LogP contribution < -0.4 is 11.1 Å². The van der Waals surface area contributed by atoms with Gasteiger partial charge in [-0.25, -0.2) is 4.98 Å². The molecule has 0 aliphatic carbocycles. The van der Waals surface area contributed by atoms with Crippen LogP contribution in [0.25, 0.3) is 33.1 Å². The Morgan fingerprint density at radius 2 is 2.00 bits per heavy atom. The van der Waals surface area contributed by atoms with Crippen molar-refractivity contribution in [2.75, 3.05) is 12.3 Å². The molecule has 0 aliphatic rings. The van der Waals surface area contributed by atoms with Gasteiger partial charge in [-0.2, -0.15) is 18.3 Å². The summed E-state index contributed by atoms with van der Waals surface area (Å²) in [5.74, 6) is -1.72. The van der Waals surface area contributed by atoms with Crippen LogP contribution in [0.1, 0.15) is 18.5 Å². The van der Waals surface area contributed by atoms with Crippen LogP contribution in [0.2, 0.25) is 0 Å². The van der Waals surface area contributed by atoms with Gasteiger partial charge in [-0.15, -0.1) is 0 Å². The first-order valence-electron chi connectivity index (χ1n) is 10.2. The minimum Gasteiger partial charge on any atom is -0.504 e. The summed E-state index contributed by atoms with van der Waals surface area (Å²) in [4.78, 5) is 19.7. The summed E-state index contributed by atoms with van der Waals surface area (Å²) in [6.07, 6.45) is -2.43. The standard InChI is InChI=1S/C22H21F3N6O2.H2O/c23-22(24,25)18(32)2-1-3-19(33)27-8-6-13-11-15-20(29-13)14-5-4-12(16-7-9-28-31-16)10-17(14)30-21(15)26;/h2,4-5,7,9-11,29,32H,1,3,6,8H2,(H2,26,30)(H,27,33)(H,28,31);1H2. The highest BCUT2D eigenvalue weighted by Crippen LogP contribution is 2.31. The topological polar surface area (TPSA) is 164 Å². The number of aliphatic hydroxyl groups excluding tert-OH is 1. The highest BCUT2D eigenvalue weighted by Gasteiger charge is 2.33. The lowest BCUT2D eigenvalue weighted by Crippen LogP contribution is -2.25. The summed E-state index contributed by atoms with van der Waals surface area (Å²) in [5, 5.41) is 20.0. The highest BCUT2D eigenvalue weighted by atomic mass is 19.4. The van der Waals surface area contributed by atoms with Crippen molar-refractivity contribution >= 4 is 33.5 Å². The third-order valence-corrected chi connectivity index (χ3v) is 5.19. The number of aromatic amines is 2. The van der Waals surface area contributed by atoms with Crippen LogP contribution in [0, 0.1) is 0 Å². The maximum Gasteiger partial charge on any atom is 0.448 e. The van der Waals surface area contributed by atoms with Crippen molar-refractivity contribution in [2.24, 2.45) is 0 Å². The fraction of sp³-hybridized carbons (Fsp3) is 0.227. The van der Waals surface area contributed by atoms with Gasteiger partial charge < -0.3 is 26.6 Å². The molecule has 0 saturated carbocycles. The molecule has 4 aromatic rings. The zero-order valence-electron chi connectivity index (χ0n) is 17.8. The Morgan fingerprint density at radius 1 is 1.21 bits per heavy atom. The number of hydrogen-bond donors (Lipinski definition) is 5. The fourth-order valence-electron chi connectivity index (χ4n) is 3.55. The Hall–Kier alpha value is -4.06. The van der Waals surface area contributed by atoms with Gasteiger partial charge in [-0.1, -0.05) is 12.1 Å². The fourth-order valence-corrected chi connectivity index (χ4v) is 3.55. The van der Waals surface area contributed by atoms with E-state index in [9.17, 15) is 18.0 Å². The Bertz CT molecular complexity index is 1330. The van der Waals surface area contributed by atoms with Crippen molar-refractivity contribution in [1.82, 2.24) is 25.5 Å². The smallest absolute Gasteiger partial charge is 0.448 e. The van der Waals surface area contributed by atoms with E-state index < -0.39 is 17.8 Å². The van der Waals surface area contributed by atoms with E-state index in [-0.39, 0.29) is 24.9 Å². The summed E-state index contributed by atoms with van der Waals surface area (Å²) in [5.41, 5.74) is 10.4. The second kappa shape index (κ2) is 9.83. The molecule has 0 radical (unpaired) electrons. The van der Waals surface area contributed by atoms with E-state index in [0.717, 1.165) is 38.8 Å². The molecule has 9 nitrogen and oxygen atoms in total. The van der Waals surface area contributed by atoms with E-state index in [4.69, 9.17) is 10.8 Å². The number of aliphatic hydroxyl groups is 1. The number of H-pyrrole nitrogens is 2. The summed E-state index contributed by atoms with van der Waals surface area (Å²) < 4.78 is 36.7. The molecule has 8 N–H and O–H groups in total.